The van der Waals surface area contributed by atoms with E-state index >= 15 is 0 Å². The molecule has 2 amide bonds. The van der Waals surface area contributed by atoms with Gasteiger partial charge in [0.1, 0.15) is 6.04 Å². The number of carbonyl (C=O) groups is 2. The van der Waals surface area contributed by atoms with E-state index in [4.69, 9.17) is 21.1 Å². The second-order valence-corrected chi connectivity index (χ2v) is 11.8. The van der Waals surface area contributed by atoms with Crippen molar-refractivity contribution in [3.63, 3.8) is 0 Å². The molecule has 1 heterocycles. The summed E-state index contributed by atoms with van der Waals surface area (Å²) in [6, 6.07) is 20.7. The topological polar surface area (TPSA) is 105 Å². The van der Waals surface area contributed by atoms with Gasteiger partial charge in [-0.15, -0.1) is 0 Å². The highest BCUT2D eigenvalue weighted by atomic mass is 35.5. The zero-order chi connectivity index (χ0) is 28.7. The smallest absolute Gasteiger partial charge is 0.242 e. The van der Waals surface area contributed by atoms with Crippen molar-refractivity contribution < 1.29 is 27.5 Å². The van der Waals surface area contributed by atoms with Crippen LogP contribution >= 0.6 is 11.6 Å². The third-order valence-corrected chi connectivity index (χ3v) is 8.03. The van der Waals surface area contributed by atoms with Gasteiger partial charge in [-0.05, 0) is 41.8 Å². The Kier molecular flexibility index (Phi) is 9.54. The minimum absolute atomic E-state index is 0.0342. The third kappa shape index (κ3) is 7.45. The molecule has 0 spiro atoms. The van der Waals surface area contributed by atoms with Crippen LogP contribution in [0, 0.1) is 0 Å². The lowest BCUT2D eigenvalue weighted by Crippen LogP contribution is -2.49. The summed E-state index contributed by atoms with van der Waals surface area (Å²) in [7, 11) is -2.10. The molecule has 0 saturated carbocycles. The maximum absolute atomic E-state index is 13.7. The van der Waals surface area contributed by atoms with Crippen molar-refractivity contribution in [2.75, 3.05) is 30.9 Å². The summed E-state index contributed by atoms with van der Waals surface area (Å²) in [5.41, 5.74) is 2.15. The van der Waals surface area contributed by atoms with Crippen molar-refractivity contribution >= 4 is 39.1 Å². The van der Waals surface area contributed by atoms with Gasteiger partial charge in [0.25, 0.3) is 0 Å². The quantitative estimate of drug-likeness (QED) is 0.344. The zero-order valence-electron chi connectivity index (χ0n) is 22.4. The molecule has 3 aromatic rings. The molecule has 1 aliphatic heterocycles. The van der Waals surface area contributed by atoms with Gasteiger partial charge in [-0.1, -0.05) is 54.1 Å². The molecule has 11 heteroatoms. The average molecular weight is 586 g/mol. The van der Waals surface area contributed by atoms with Crippen molar-refractivity contribution in [3.05, 3.63) is 88.9 Å². The zero-order valence-corrected chi connectivity index (χ0v) is 24.0. The van der Waals surface area contributed by atoms with Crippen molar-refractivity contribution in [3.8, 4) is 11.5 Å². The number of fused-ring (bicyclic) bond motifs is 1. The molecule has 0 aliphatic carbocycles. The fourth-order valence-corrected chi connectivity index (χ4v) is 5.63. The van der Waals surface area contributed by atoms with Crippen LogP contribution in [-0.2, 0) is 32.6 Å². The molecule has 0 fully saturated rings. The lowest BCUT2D eigenvalue weighted by atomic mass is 10.0. The Hall–Kier alpha value is -3.76. The first-order valence-electron chi connectivity index (χ1n) is 12.8. The summed E-state index contributed by atoms with van der Waals surface area (Å²) in [6.45, 7) is 0.340. The Bertz CT molecular complexity index is 1430. The first-order chi connectivity index (χ1) is 19.2. The van der Waals surface area contributed by atoms with Gasteiger partial charge in [-0.2, -0.15) is 0 Å². The van der Waals surface area contributed by atoms with Crippen LogP contribution < -0.4 is 19.1 Å². The number of ether oxygens (including phenoxy) is 2. The number of anilines is 1. The van der Waals surface area contributed by atoms with E-state index < -0.39 is 16.1 Å². The molecule has 1 atom stereocenters. The summed E-state index contributed by atoms with van der Waals surface area (Å²) < 4.78 is 37.3. The number of benzene rings is 3. The molecule has 1 N–H and O–H groups in total. The predicted molar refractivity (Wildman–Crippen MR) is 154 cm³/mol. The van der Waals surface area contributed by atoms with E-state index in [0.29, 0.717) is 28.6 Å². The molecule has 1 aliphatic rings. The van der Waals surface area contributed by atoms with Crippen LogP contribution in [0.15, 0.2) is 72.8 Å². The van der Waals surface area contributed by atoms with Gasteiger partial charge in [0, 0.05) is 44.1 Å². The van der Waals surface area contributed by atoms with Crippen LogP contribution in [0.1, 0.15) is 24.0 Å². The molecule has 0 saturated heterocycles. The van der Waals surface area contributed by atoms with Gasteiger partial charge in [0.15, 0.2) is 11.5 Å². The molecule has 4 rings (SSSR count). The Balaban J connectivity index is 1.54. The first kappa shape index (κ1) is 29.2. The Morgan fingerprint density at radius 1 is 0.975 bits per heavy atom. The molecule has 3 aromatic carbocycles. The number of halogens is 1. The maximum atomic E-state index is 13.7. The molecule has 40 heavy (non-hydrogen) atoms. The van der Waals surface area contributed by atoms with Crippen LogP contribution in [-0.4, -0.2) is 57.8 Å². The van der Waals surface area contributed by atoms with Crippen LogP contribution in [0.25, 0.3) is 0 Å². The van der Waals surface area contributed by atoms with E-state index in [2.05, 4.69) is 5.32 Å². The van der Waals surface area contributed by atoms with E-state index in [1.165, 1.54) is 4.31 Å². The fraction of sp³-hybridized carbons (Fsp3) is 0.310. The van der Waals surface area contributed by atoms with E-state index in [1.807, 2.05) is 42.5 Å². The minimum atomic E-state index is -3.65. The molecular formula is C29H32ClN3O6S. The number of carbonyl (C=O) groups excluding carboxylic acids is 2. The molecule has 212 valence electrons. The van der Waals surface area contributed by atoms with Crippen LogP contribution in [0.4, 0.5) is 5.69 Å². The average Bonchev–Trinajstić information content (AvgIpc) is 3.41. The summed E-state index contributed by atoms with van der Waals surface area (Å²) in [4.78, 5) is 28.3. The van der Waals surface area contributed by atoms with E-state index in [-0.39, 0.29) is 44.5 Å². The predicted octanol–water partition coefficient (Wildman–Crippen LogP) is 4.00. The Labute approximate surface area is 239 Å². The Morgan fingerprint density at radius 2 is 1.68 bits per heavy atom. The van der Waals surface area contributed by atoms with Gasteiger partial charge < -0.3 is 19.7 Å². The number of sulfonamides is 1. The number of amides is 2. The normalized spacial score (nSPS) is 13.0. The highest BCUT2D eigenvalue weighted by molar-refractivity contribution is 7.92. The first-order valence-corrected chi connectivity index (χ1v) is 15.0. The van der Waals surface area contributed by atoms with Crippen LogP contribution in [0.2, 0.25) is 5.02 Å². The number of nitrogens with one attached hydrogen (secondary N) is 1. The molecule has 0 bridgehead atoms. The van der Waals surface area contributed by atoms with Crippen molar-refractivity contribution in [2.24, 2.45) is 0 Å². The van der Waals surface area contributed by atoms with Crippen LogP contribution in [0.3, 0.4) is 0 Å². The largest absolute Gasteiger partial charge is 0.454 e. The van der Waals surface area contributed by atoms with E-state index in [1.54, 1.807) is 42.3 Å². The lowest BCUT2D eigenvalue weighted by molar-refractivity contribution is -0.141. The highest BCUT2D eigenvalue weighted by Crippen LogP contribution is 2.36. The van der Waals surface area contributed by atoms with E-state index in [0.717, 1.165) is 17.4 Å². The van der Waals surface area contributed by atoms with Gasteiger partial charge in [-0.25, -0.2) is 8.42 Å². The van der Waals surface area contributed by atoms with E-state index in [9.17, 15) is 18.0 Å². The van der Waals surface area contributed by atoms with Gasteiger partial charge in [-0.3, -0.25) is 13.9 Å². The number of hydrogen-bond donors (Lipinski definition) is 1. The summed E-state index contributed by atoms with van der Waals surface area (Å²) in [5, 5.41) is 3.26. The summed E-state index contributed by atoms with van der Waals surface area (Å²) in [5.74, 6) is 0.456. The number of rotatable bonds is 12. The van der Waals surface area contributed by atoms with Gasteiger partial charge in [0.05, 0.1) is 11.9 Å². The Morgan fingerprint density at radius 3 is 2.35 bits per heavy atom. The number of likely N-dealkylation sites (N-methyl/N-ethyl adjacent to an activating group) is 1. The van der Waals surface area contributed by atoms with Gasteiger partial charge >= 0.3 is 0 Å². The third-order valence-electron chi connectivity index (χ3n) is 6.58. The van der Waals surface area contributed by atoms with Gasteiger partial charge in [0.2, 0.25) is 28.6 Å². The number of hydrogen-bond acceptors (Lipinski definition) is 6. The second kappa shape index (κ2) is 13.1. The van der Waals surface area contributed by atoms with Crippen molar-refractivity contribution in [1.82, 2.24) is 10.2 Å². The molecular weight excluding hydrogens is 554 g/mol. The lowest BCUT2D eigenvalue weighted by Gasteiger charge is -2.31. The SMILES string of the molecule is CNC(=O)[C@H](Cc1ccccc1)N(Cc1ccc(Cl)cc1)C(=O)CCCN(c1ccc2c(c1)OCO2)S(C)(=O)=O. The van der Waals surface area contributed by atoms with Crippen LogP contribution in [0.5, 0.6) is 11.5 Å². The van der Waals surface area contributed by atoms with Crippen molar-refractivity contribution in [1.29, 1.82) is 0 Å². The molecule has 0 radical (unpaired) electrons. The summed E-state index contributed by atoms with van der Waals surface area (Å²) in [6.07, 6.45) is 1.72. The molecule has 0 unspecified atom stereocenters. The fourth-order valence-electron chi connectivity index (χ4n) is 4.55. The monoisotopic (exact) mass is 585 g/mol. The van der Waals surface area contributed by atoms with Crippen molar-refractivity contribution in [2.45, 2.75) is 31.8 Å². The number of nitrogens with zero attached hydrogens (tertiary/aromatic N) is 2. The second-order valence-electron chi connectivity index (χ2n) is 9.44. The maximum Gasteiger partial charge on any atom is 0.242 e. The minimum Gasteiger partial charge on any atom is -0.454 e. The summed E-state index contributed by atoms with van der Waals surface area (Å²) >= 11 is 6.06. The molecule has 9 nitrogen and oxygen atoms in total. The standard InChI is InChI=1S/C29H32ClN3O6S/c1-31-29(35)25(17-21-7-4-3-5-8-21)32(19-22-10-12-23(30)13-11-22)28(34)9-6-16-33(40(2,36)37)24-14-15-26-27(18-24)39-20-38-26/h3-5,7-8,10-15,18,25H,6,9,16-17,19-20H2,1-2H3,(H,31,35)/t25-/m0/s1. The highest BCUT2D eigenvalue weighted by Gasteiger charge is 2.30. The molecule has 0 aromatic heterocycles.